The summed E-state index contributed by atoms with van der Waals surface area (Å²) < 4.78 is 5.67. The molecule has 2 N–H and O–H groups in total. The van der Waals surface area contributed by atoms with Gasteiger partial charge in [-0.15, -0.1) is 11.3 Å². The molecule has 6 nitrogen and oxygen atoms in total. The van der Waals surface area contributed by atoms with Crippen LogP contribution in [0, 0.1) is 6.92 Å². The fourth-order valence-electron chi connectivity index (χ4n) is 2.77. The number of carbonyl (C=O) groups is 2. The van der Waals surface area contributed by atoms with Crippen molar-refractivity contribution in [2.24, 2.45) is 0 Å². The summed E-state index contributed by atoms with van der Waals surface area (Å²) in [7, 11) is 0. The van der Waals surface area contributed by atoms with Crippen molar-refractivity contribution in [3.8, 4) is 10.8 Å². The van der Waals surface area contributed by atoms with E-state index in [1.54, 1.807) is 6.92 Å². The first-order valence-electron chi connectivity index (χ1n) is 8.59. The molecule has 0 saturated heterocycles. The van der Waals surface area contributed by atoms with E-state index in [2.05, 4.69) is 10.3 Å². The summed E-state index contributed by atoms with van der Waals surface area (Å²) >= 11 is 1.52. The number of oxazole rings is 1. The molecular formula is C20H20N2O4S. The number of benzene rings is 1. The van der Waals surface area contributed by atoms with Crippen LogP contribution in [0.4, 0.5) is 0 Å². The fourth-order valence-corrected chi connectivity index (χ4v) is 3.42. The number of aryl methyl sites for hydroxylation is 1. The van der Waals surface area contributed by atoms with Crippen LogP contribution in [0.5, 0.6) is 0 Å². The molecule has 0 aliphatic rings. The number of rotatable bonds is 8. The Morgan fingerprint density at radius 1 is 1.22 bits per heavy atom. The van der Waals surface area contributed by atoms with Crippen LogP contribution >= 0.6 is 11.3 Å². The number of carboxylic acid groups (broad SMARTS) is 1. The van der Waals surface area contributed by atoms with Gasteiger partial charge < -0.3 is 14.8 Å². The molecule has 0 radical (unpaired) electrons. The Kier molecular flexibility index (Phi) is 6.03. The second kappa shape index (κ2) is 8.64. The van der Waals surface area contributed by atoms with Crippen LogP contribution < -0.4 is 5.32 Å². The Labute approximate surface area is 160 Å². The molecule has 7 heteroatoms. The molecule has 140 valence electrons. The zero-order valence-electron chi connectivity index (χ0n) is 14.8. The number of hydrogen-bond donors (Lipinski definition) is 2. The summed E-state index contributed by atoms with van der Waals surface area (Å²) in [5, 5.41) is 13.8. The lowest BCUT2D eigenvalue weighted by atomic mass is 10.0. The van der Waals surface area contributed by atoms with E-state index in [1.807, 2.05) is 47.8 Å². The zero-order chi connectivity index (χ0) is 19.2. The van der Waals surface area contributed by atoms with Crippen molar-refractivity contribution in [3.05, 3.63) is 64.9 Å². The molecule has 0 aliphatic heterocycles. The molecule has 2 heterocycles. The Balaban J connectivity index is 1.70. The first-order valence-corrected chi connectivity index (χ1v) is 9.47. The second-order valence-electron chi connectivity index (χ2n) is 6.14. The molecule has 0 saturated carbocycles. The van der Waals surface area contributed by atoms with Crippen LogP contribution in [-0.2, 0) is 16.0 Å². The number of aliphatic carboxylic acids is 1. The third-order valence-electron chi connectivity index (χ3n) is 4.14. The molecule has 0 bridgehead atoms. The van der Waals surface area contributed by atoms with Crippen molar-refractivity contribution in [2.45, 2.75) is 32.2 Å². The van der Waals surface area contributed by atoms with Gasteiger partial charge in [0.25, 0.3) is 0 Å². The first kappa shape index (κ1) is 18.8. The van der Waals surface area contributed by atoms with Crippen LogP contribution in [0.1, 0.15) is 35.9 Å². The molecule has 0 aliphatic carbocycles. The van der Waals surface area contributed by atoms with Crippen molar-refractivity contribution in [2.75, 3.05) is 0 Å². The third kappa shape index (κ3) is 5.04. The zero-order valence-corrected chi connectivity index (χ0v) is 15.7. The van der Waals surface area contributed by atoms with E-state index in [0.717, 1.165) is 10.4 Å². The summed E-state index contributed by atoms with van der Waals surface area (Å²) in [5.74, 6) is 0.00706. The summed E-state index contributed by atoms with van der Waals surface area (Å²) in [5.41, 5.74) is 1.46. The van der Waals surface area contributed by atoms with E-state index in [9.17, 15) is 9.59 Å². The van der Waals surface area contributed by atoms with Crippen molar-refractivity contribution in [3.63, 3.8) is 0 Å². The molecule has 3 rings (SSSR count). The largest absolute Gasteiger partial charge is 0.481 e. The predicted molar refractivity (Wildman–Crippen MR) is 102 cm³/mol. The summed E-state index contributed by atoms with van der Waals surface area (Å²) in [6, 6.07) is 12.8. The summed E-state index contributed by atoms with van der Waals surface area (Å²) in [6.07, 6.45) is 0.381. The van der Waals surface area contributed by atoms with Gasteiger partial charge >= 0.3 is 5.97 Å². The summed E-state index contributed by atoms with van der Waals surface area (Å²) in [6.45, 7) is 1.78. The fraction of sp³-hybridized carbons (Fsp3) is 0.250. The lowest BCUT2D eigenvalue weighted by Gasteiger charge is -2.18. The maximum atomic E-state index is 12.6. The number of nitrogens with zero attached hydrogens (tertiary/aromatic N) is 1. The van der Waals surface area contributed by atoms with Gasteiger partial charge in [-0.1, -0.05) is 36.4 Å². The van der Waals surface area contributed by atoms with Crippen LogP contribution in [-0.4, -0.2) is 22.0 Å². The highest BCUT2D eigenvalue weighted by Gasteiger charge is 2.19. The van der Waals surface area contributed by atoms with Crippen LogP contribution in [0.15, 0.2) is 52.3 Å². The van der Waals surface area contributed by atoms with Gasteiger partial charge in [-0.3, -0.25) is 9.59 Å². The minimum atomic E-state index is -0.891. The lowest BCUT2D eigenvalue weighted by molar-refractivity contribution is -0.137. The van der Waals surface area contributed by atoms with E-state index in [4.69, 9.17) is 9.52 Å². The SMILES string of the molecule is Cc1oc(-c2cccs2)nc1CC(=O)NC(CCC(=O)O)c1ccccc1. The van der Waals surface area contributed by atoms with Gasteiger partial charge in [-0.25, -0.2) is 4.98 Å². The number of nitrogens with one attached hydrogen (secondary N) is 1. The standard InChI is InChI=1S/C20H20N2O4S/c1-13-16(22-20(26-13)17-8-5-11-27-17)12-18(23)21-15(9-10-19(24)25)14-6-3-2-4-7-14/h2-8,11,15H,9-10,12H2,1H3,(H,21,23)(H,24,25). The normalized spacial score (nSPS) is 11.9. The maximum absolute atomic E-state index is 12.6. The maximum Gasteiger partial charge on any atom is 0.303 e. The van der Waals surface area contributed by atoms with Gasteiger partial charge in [0.05, 0.1) is 23.0 Å². The molecule has 2 aromatic heterocycles. The molecule has 0 spiro atoms. The predicted octanol–water partition coefficient (Wildman–Crippen LogP) is 3.98. The highest BCUT2D eigenvalue weighted by molar-refractivity contribution is 7.13. The minimum absolute atomic E-state index is 0.0225. The number of carboxylic acids is 1. The monoisotopic (exact) mass is 384 g/mol. The Morgan fingerprint density at radius 2 is 2.00 bits per heavy atom. The Hall–Kier alpha value is -2.93. The molecule has 1 atom stereocenters. The lowest BCUT2D eigenvalue weighted by Crippen LogP contribution is -2.30. The number of amides is 1. The smallest absolute Gasteiger partial charge is 0.303 e. The van der Waals surface area contributed by atoms with Crippen molar-refractivity contribution >= 4 is 23.2 Å². The minimum Gasteiger partial charge on any atom is -0.481 e. The third-order valence-corrected chi connectivity index (χ3v) is 4.99. The second-order valence-corrected chi connectivity index (χ2v) is 7.09. The van der Waals surface area contributed by atoms with E-state index >= 15 is 0 Å². The summed E-state index contributed by atoms with van der Waals surface area (Å²) in [4.78, 5) is 28.8. The number of hydrogen-bond acceptors (Lipinski definition) is 5. The topological polar surface area (TPSA) is 92.4 Å². The van der Waals surface area contributed by atoms with Gasteiger partial charge in [-0.2, -0.15) is 0 Å². The molecule has 0 fully saturated rings. The molecule has 27 heavy (non-hydrogen) atoms. The van der Waals surface area contributed by atoms with Crippen LogP contribution in [0.2, 0.25) is 0 Å². The molecule has 3 aromatic rings. The molecule has 1 aromatic carbocycles. The van der Waals surface area contributed by atoms with E-state index in [0.29, 0.717) is 23.8 Å². The van der Waals surface area contributed by atoms with Crippen LogP contribution in [0.3, 0.4) is 0 Å². The number of aromatic nitrogens is 1. The average molecular weight is 384 g/mol. The highest BCUT2D eigenvalue weighted by Crippen LogP contribution is 2.26. The van der Waals surface area contributed by atoms with Crippen molar-refractivity contribution in [1.29, 1.82) is 0 Å². The van der Waals surface area contributed by atoms with Crippen molar-refractivity contribution < 1.29 is 19.1 Å². The first-order chi connectivity index (χ1) is 13.0. The van der Waals surface area contributed by atoms with Gasteiger partial charge in [0, 0.05) is 6.42 Å². The van der Waals surface area contributed by atoms with Gasteiger partial charge in [0.2, 0.25) is 11.8 Å². The van der Waals surface area contributed by atoms with Gasteiger partial charge in [-0.05, 0) is 30.4 Å². The molecule has 1 unspecified atom stereocenters. The quantitative estimate of drug-likeness (QED) is 0.613. The number of carbonyl (C=O) groups excluding carboxylic acids is 1. The van der Waals surface area contributed by atoms with E-state index in [-0.39, 0.29) is 24.8 Å². The molecular weight excluding hydrogens is 364 g/mol. The highest BCUT2D eigenvalue weighted by atomic mass is 32.1. The molecule has 1 amide bonds. The Bertz CT molecular complexity index is 903. The average Bonchev–Trinajstić information content (AvgIpc) is 3.29. The van der Waals surface area contributed by atoms with Gasteiger partial charge in [0.15, 0.2) is 0 Å². The van der Waals surface area contributed by atoms with Gasteiger partial charge in [0.1, 0.15) is 5.76 Å². The van der Waals surface area contributed by atoms with Crippen molar-refractivity contribution in [1.82, 2.24) is 10.3 Å². The number of thiophene rings is 1. The van der Waals surface area contributed by atoms with E-state index < -0.39 is 5.97 Å². The van der Waals surface area contributed by atoms with E-state index in [1.165, 1.54) is 11.3 Å². The Morgan fingerprint density at radius 3 is 2.67 bits per heavy atom. The van der Waals surface area contributed by atoms with Crippen LogP contribution in [0.25, 0.3) is 10.8 Å².